The predicted octanol–water partition coefficient (Wildman–Crippen LogP) is -0.677. The smallest absolute Gasteiger partial charge is 0.254 e. The monoisotopic (exact) mass is 287 g/mol. The summed E-state index contributed by atoms with van der Waals surface area (Å²) in [5.41, 5.74) is 11.9. The van der Waals surface area contributed by atoms with Crippen LogP contribution in [0.15, 0.2) is 24.3 Å². The van der Waals surface area contributed by atoms with Gasteiger partial charge < -0.3 is 21.1 Å². The number of primary amides is 1. The Kier molecular flexibility index (Phi) is 4.93. The molecule has 1 saturated heterocycles. The van der Waals surface area contributed by atoms with Gasteiger partial charge in [0.05, 0.1) is 19.8 Å². The lowest BCUT2D eigenvalue weighted by Crippen LogP contribution is -2.54. The third kappa shape index (κ3) is 3.60. The maximum absolute atomic E-state index is 12.4. The molecule has 1 heterocycles. The van der Waals surface area contributed by atoms with Crippen LogP contribution in [0.4, 0.5) is 0 Å². The molecular formula is C15H17N3O3. The number of hydrogen-bond acceptors (Lipinski definition) is 4. The molecular weight excluding hydrogens is 270 g/mol. The molecule has 0 aliphatic carbocycles. The lowest BCUT2D eigenvalue weighted by molar-refractivity contribution is -0.127. The fourth-order valence-electron chi connectivity index (χ4n) is 2.10. The zero-order valence-corrected chi connectivity index (χ0v) is 11.5. The molecule has 0 saturated carbocycles. The van der Waals surface area contributed by atoms with Crippen LogP contribution >= 0.6 is 0 Å². The Morgan fingerprint density at radius 2 is 2.05 bits per heavy atom. The van der Waals surface area contributed by atoms with E-state index in [1.807, 2.05) is 0 Å². The molecule has 1 unspecified atom stereocenters. The van der Waals surface area contributed by atoms with Crippen molar-refractivity contribution in [1.82, 2.24) is 4.90 Å². The second-order valence-corrected chi connectivity index (χ2v) is 4.57. The van der Waals surface area contributed by atoms with E-state index in [0.29, 0.717) is 18.7 Å². The molecule has 1 aliphatic heterocycles. The zero-order valence-electron chi connectivity index (χ0n) is 11.5. The normalized spacial score (nSPS) is 17.8. The van der Waals surface area contributed by atoms with Crippen LogP contribution in [0.25, 0.3) is 0 Å². The second kappa shape index (κ2) is 6.88. The van der Waals surface area contributed by atoms with Gasteiger partial charge in [0, 0.05) is 17.7 Å². The lowest BCUT2D eigenvalue weighted by atomic mass is 10.1. The molecule has 21 heavy (non-hydrogen) atoms. The first-order chi connectivity index (χ1) is 10.1. The summed E-state index contributed by atoms with van der Waals surface area (Å²) in [6, 6.07) is 6.13. The number of benzene rings is 1. The number of rotatable bonds is 2. The van der Waals surface area contributed by atoms with E-state index in [4.69, 9.17) is 16.2 Å². The zero-order chi connectivity index (χ0) is 15.2. The number of amides is 2. The van der Waals surface area contributed by atoms with Crippen molar-refractivity contribution in [3.8, 4) is 11.8 Å². The number of ether oxygens (including phenoxy) is 1. The van der Waals surface area contributed by atoms with E-state index in [1.54, 1.807) is 24.3 Å². The molecule has 1 atom stereocenters. The van der Waals surface area contributed by atoms with Crippen molar-refractivity contribution in [2.24, 2.45) is 11.5 Å². The summed E-state index contributed by atoms with van der Waals surface area (Å²) in [7, 11) is 0. The summed E-state index contributed by atoms with van der Waals surface area (Å²) in [4.78, 5) is 25.3. The van der Waals surface area contributed by atoms with E-state index in [9.17, 15) is 9.59 Å². The Hall–Kier alpha value is -2.36. The summed E-state index contributed by atoms with van der Waals surface area (Å²) in [6.45, 7) is 1.17. The van der Waals surface area contributed by atoms with Gasteiger partial charge in [-0.2, -0.15) is 0 Å². The van der Waals surface area contributed by atoms with Crippen molar-refractivity contribution < 1.29 is 14.3 Å². The largest absolute Gasteiger partial charge is 0.377 e. The molecule has 0 bridgehead atoms. The Morgan fingerprint density at radius 3 is 2.67 bits per heavy atom. The first-order valence-electron chi connectivity index (χ1n) is 6.60. The average molecular weight is 287 g/mol. The van der Waals surface area contributed by atoms with Gasteiger partial charge in [0.15, 0.2) is 0 Å². The molecule has 1 aliphatic rings. The van der Waals surface area contributed by atoms with Crippen LogP contribution in [0.3, 0.4) is 0 Å². The van der Waals surface area contributed by atoms with Crippen LogP contribution in [0.5, 0.6) is 0 Å². The van der Waals surface area contributed by atoms with Crippen molar-refractivity contribution >= 4 is 11.8 Å². The Labute approximate surface area is 123 Å². The third-order valence-corrected chi connectivity index (χ3v) is 3.18. The SMILES string of the molecule is NCC#Cc1ccc(C(=O)N2CCOCC2C(N)=O)cc1. The number of carbonyl (C=O) groups excluding carboxylic acids is 2. The minimum absolute atomic E-state index is 0.140. The summed E-state index contributed by atoms with van der Waals surface area (Å²) in [6.07, 6.45) is 0. The number of morpholine rings is 1. The Balaban J connectivity index is 2.16. The summed E-state index contributed by atoms with van der Waals surface area (Å²) >= 11 is 0. The number of hydrogen-bond donors (Lipinski definition) is 2. The van der Waals surface area contributed by atoms with Crippen LogP contribution in [-0.4, -0.2) is 49.1 Å². The number of carbonyl (C=O) groups is 2. The van der Waals surface area contributed by atoms with Crippen molar-refractivity contribution in [3.63, 3.8) is 0 Å². The van der Waals surface area contributed by atoms with E-state index in [1.165, 1.54) is 4.90 Å². The Morgan fingerprint density at radius 1 is 1.33 bits per heavy atom. The van der Waals surface area contributed by atoms with E-state index in [0.717, 1.165) is 5.56 Å². The third-order valence-electron chi connectivity index (χ3n) is 3.18. The topological polar surface area (TPSA) is 98.7 Å². The highest BCUT2D eigenvalue weighted by molar-refractivity contribution is 5.97. The van der Waals surface area contributed by atoms with Crippen LogP contribution in [0.1, 0.15) is 15.9 Å². The maximum Gasteiger partial charge on any atom is 0.254 e. The molecule has 1 aromatic rings. The summed E-state index contributed by atoms with van der Waals surface area (Å²) < 4.78 is 5.20. The molecule has 1 aromatic carbocycles. The molecule has 2 rings (SSSR count). The Bertz CT molecular complexity index is 586. The minimum Gasteiger partial charge on any atom is -0.377 e. The first-order valence-corrected chi connectivity index (χ1v) is 6.60. The van der Waals surface area contributed by atoms with Gasteiger partial charge in [0.2, 0.25) is 5.91 Å². The standard InChI is InChI=1S/C15H17N3O3/c16-7-1-2-11-3-5-12(6-4-11)15(20)18-8-9-21-10-13(18)14(17)19/h3-6,13H,7-10,16H2,(H2,17,19). The minimum atomic E-state index is -0.719. The molecule has 1 fully saturated rings. The van der Waals surface area contributed by atoms with Crippen LogP contribution in [0.2, 0.25) is 0 Å². The molecule has 0 spiro atoms. The molecule has 6 nitrogen and oxygen atoms in total. The van der Waals surface area contributed by atoms with Crippen LogP contribution < -0.4 is 11.5 Å². The van der Waals surface area contributed by atoms with E-state index >= 15 is 0 Å². The molecule has 4 N–H and O–H groups in total. The van der Waals surface area contributed by atoms with E-state index in [2.05, 4.69) is 11.8 Å². The van der Waals surface area contributed by atoms with Gasteiger partial charge in [-0.1, -0.05) is 11.8 Å². The van der Waals surface area contributed by atoms with Gasteiger partial charge in [0.25, 0.3) is 5.91 Å². The molecule has 0 aromatic heterocycles. The van der Waals surface area contributed by atoms with Crippen LogP contribution in [0, 0.1) is 11.8 Å². The molecule has 2 amide bonds. The van der Waals surface area contributed by atoms with E-state index < -0.39 is 11.9 Å². The van der Waals surface area contributed by atoms with Crippen molar-refractivity contribution in [2.45, 2.75) is 6.04 Å². The first kappa shape index (κ1) is 15.0. The van der Waals surface area contributed by atoms with Crippen molar-refractivity contribution in [3.05, 3.63) is 35.4 Å². The summed E-state index contributed by atoms with van der Waals surface area (Å²) in [5.74, 6) is 4.83. The van der Waals surface area contributed by atoms with Gasteiger partial charge in [-0.3, -0.25) is 9.59 Å². The van der Waals surface area contributed by atoms with Crippen molar-refractivity contribution in [1.29, 1.82) is 0 Å². The highest BCUT2D eigenvalue weighted by Gasteiger charge is 2.31. The molecule has 6 heteroatoms. The fourth-order valence-corrected chi connectivity index (χ4v) is 2.10. The molecule has 0 radical (unpaired) electrons. The quantitative estimate of drug-likeness (QED) is 0.704. The highest BCUT2D eigenvalue weighted by Crippen LogP contribution is 2.13. The van der Waals surface area contributed by atoms with Gasteiger partial charge in [0.1, 0.15) is 6.04 Å². The summed E-state index contributed by atoms with van der Waals surface area (Å²) in [5, 5.41) is 0. The maximum atomic E-state index is 12.4. The number of nitrogens with two attached hydrogens (primary N) is 2. The van der Waals surface area contributed by atoms with Gasteiger partial charge in [-0.25, -0.2) is 0 Å². The fraction of sp³-hybridized carbons (Fsp3) is 0.333. The second-order valence-electron chi connectivity index (χ2n) is 4.57. The van der Waals surface area contributed by atoms with Gasteiger partial charge >= 0.3 is 0 Å². The average Bonchev–Trinajstić information content (AvgIpc) is 2.52. The number of nitrogens with zero attached hydrogens (tertiary/aromatic N) is 1. The van der Waals surface area contributed by atoms with Crippen LogP contribution in [-0.2, 0) is 9.53 Å². The van der Waals surface area contributed by atoms with Gasteiger partial charge in [-0.15, -0.1) is 0 Å². The predicted molar refractivity (Wildman–Crippen MR) is 77.2 cm³/mol. The van der Waals surface area contributed by atoms with Gasteiger partial charge in [-0.05, 0) is 24.3 Å². The highest BCUT2D eigenvalue weighted by atomic mass is 16.5. The van der Waals surface area contributed by atoms with Crippen molar-refractivity contribution in [2.75, 3.05) is 26.3 Å². The lowest BCUT2D eigenvalue weighted by Gasteiger charge is -2.33. The van der Waals surface area contributed by atoms with E-state index in [-0.39, 0.29) is 19.1 Å². The molecule has 110 valence electrons.